The van der Waals surface area contributed by atoms with E-state index in [1.165, 1.54) is 6.42 Å². The number of carbonyl (C=O) groups is 1. The highest BCUT2D eigenvalue weighted by Gasteiger charge is 2.23. The minimum absolute atomic E-state index is 0.277. The Morgan fingerprint density at radius 3 is 2.39 bits per heavy atom. The summed E-state index contributed by atoms with van der Waals surface area (Å²) in [5.74, 6) is 1.44. The predicted octanol–water partition coefficient (Wildman–Crippen LogP) is -0.342. The topological polar surface area (TPSA) is 91.7 Å². The smallest absolute Gasteiger partial charge is 0.240 e. The SMILES string of the molecule is NCc1nc(CN2CCN(CC(=O)N3CCCCC3)CC2)no1. The molecule has 0 saturated carbocycles. The third-order valence-corrected chi connectivity index (χ3v) is 4.58. The van der Waals surface area contributed by atoms with Gasteiger partial charge in [-0.1, -0.05) is 5.16 Å². The van der Waals surface area contributed by atoms with E-state index in [9.17, 15) is 4.79 Å². The highest BCUT2D eigenvalue weighted by molar-refractivity contribution is 5.78. The van der Waals surface area contributed by atoms with Gasteiger partial charge in [-0.15, -0.1) is 0 Å². The molecule has 0 bridgehead atoms. The highest BCUT2D eigenvalue weighted by atomic mass is 16.5. The second-order valence-corrected chi connectivity index (χ2v) is 6.30. The van der Waals surface area contributed by atoms with Crippen LogP contribution in [0.5, 0.6) is 0 Å². The lowest BCUT2D eigenvalue weighted by Gasteiger charge is -2.35. The molecule has 8 nitrogen and oxygen atoms in total. The Morgan fingerprint density at radius 2 is 1.74 bits per heavy atom. The van der Waals surface area contributed by atoms with Crippen molar-refractivity contribution in [1.82, 2.24) is 24.8 Å². The normalized spacial score (nSPS) is 20.8. The number of piperazine rings is 1. The van der Waals surface area contributed by atoms with Crippen molar-refractivity contribution >= 4 is 5.91 Å². The lowest BCUT2D eigenvalue weighted by atomic mass is 10.1. The largest absolute Gasteiger partial charge is 0.342 e. The maximum absolute atomic E-state index is 12.3. The Labute approximate surface area is 136 Å². The van der Waals surface area contributed by atoms with Crippen molar-refractivity contribution in [1.29, 1.82) is 0 Å². The van der Waals surface area contributed by atoms with Crippen LogP contribution in [0.3, 0.4) is 0 Å². The molecule has 0 aliphatic carbocycles. The molecule has 3 rings (SSSR count). The molecule has 3 heterocycles. The lowest BCUT2D eigenvalue weighted by Crippen LogP contribution is -2.50. The van der Waals surface area contributed by atoms with Crippen LogP contribution >= 0.6 is 0 Å². The van der Waals surface area contributed by atoms with Crippen LogP contribution in [0.2, 0.25) is 0 Å². The van der Waals surface area contributed by atoms with Gasteiger partial charge >= 0.3 is 0 Å². The fraction of sp³-hybridized carbons (Fsp3) is 0.800. The molecule has 2 aliphatic heterocycles. The zero-order chi connectivity index (χ0) is 16.1. The third kappa shape index (κ3) is 4.49. The van der Waals surface area contributed by atoms with E-state index >= 15 is 0 Å². The van der Waals surface area contributed by atoms with Crippen molar-refractivity contribution in [2.75, 3.05) is 45.8 Å². The molecule has 23 heavy (non-hydrogen) atoms. The molecule has 0 unspecified atom stereocenters. The first-order valence-corrected chi connectivity index (χ1v) is 8.48. The Kier molecular flexibility index (Phi) is 5.58. The number of nitrogens with two attached hydrogens (primary N) is 1. The van der Waals surface area contributed by atoms with Crippen LogP contribution < -0.4 is 5.73 Å². The summed E-state index contributed by atoms with van der Waals surface area (Å²) in [7, 11) is 0. The molecule has 2 saturated heterocycles. The van der Waals surface area contributed by atoms with Gasteiger partial charge in [-0.25, -0.2) is 0 Å². The summed E-state index contributed by atoms with van der Waals surface area (Å²) < 4.78 is 5.02. The zero-order valence-electron chi connectivity index (χ0n) is 13.6. The fourth-order valence-corrected chi connectivity index (χ4v) is 3.18. The van der Waals surface area contributed by atoms with Gasteiger partial charge in [0, 0.05) is 39.3 Å². The van der Waals surface area contributed by atoms with E-state index in [2.05, 4.69) is 19.9 Å². The second-order valence-electron chi connectivity index (χ2n) is 6.30. The molecule has 128 valence electrons. The summed E-state index contributed by atoms with van der Waals surface area (Å²) in [5, 5.41) is 3.93. The number of carbonyl (C=O) groups excluding carboxylic acids is 1. The molecular formula is C15H26N6O2. The predicted molar refractivity (Wildman–Crippen MR) is 84.3 cm³/mol. The summed E-state index contributed by atoms with van der Waals surface area (Å²) in [4.78, 5) is 23.1. The standard InChI is InChI=1S/C15H26N6O2/c16-10-14-17-13(18-23-14)11-19-6-8-20(9-7-19)12-15(22)21-4-2-1-3-5-21/h1-12,16H2. The van der Waals surface area contributed by atoms with Gasteiger partial charge in [-0.05, 0) is 19.3 Å². The molecule has 2 aliphatic rings. The van der Waals surface area contributed by atoms with Crippen LogP contribution in [0.15, 0.2) is 4.52 Å². The van der Waals surface area contributed by atoms with Gasteiger partial charge in [0.05, 0.1) is 19.6 Å². The van der Waals surface area contributed by atoms with Gasteiger partial charge in [0.15, 0.2) is 5.82 Å². The van der Waals surface area contributed by atoms with Crippen LogP contribution in [0, 0.1) is 0 Å². The number of piperidine rings is 1. The summed E-state index contributed by atoms with van der Waals surface area (Å²) >= 11 is 0. The van der Waals surface area contributed by atoms with Crippen molar-refractivity contribution in [3.63, 3.8) is 0 Å². The van der Waals surface area contributed by atoms with Crippen molar-refractivity contribution < 1.29 is 9.32 Å². The molecule has 2 fully saturated rings. The number of hydrogen-bond donors (Lipinski definition) is 1. The van der Waals surface area contributed by atoms with E-state index in [-0.39, 0.29) is 12.5 Å². The monoisotopic (exact) mass is 322 g/mol. The average molecular weight is 322 g/mol. The van der Waals surface area contributed by atoms with Gasteiger partial charge in [-0.2, -0.15) is 4.98 Å². The first-order chi connectivity index (χ1) is 11.2. The molecule has 0 spiro atoms. The van der Waals surface area contributed by atoms with Gasteiger partial charge in [-0.3, -0.25) is 14.6 Å². The molecule has 1 aromatic rings. The lowest BCUT2D eigenvalue weighted by molar-refractivity contribution is -0.133. The van der Waals surface area contributed by atoms with Crippen LogP contribution in [0.1, 0.15) is 31.0 Å². The minimum atomic E-state index is 0.277. The zero-order valence-corrected chi connectivity index (χ0v) is 13.6. The van der Waals surface area contributed by atoms with E-state index < -0.39 is 0 Å². The number of amides is 1. The Bertz CT molecular complexity index is 506. The summed E-state index contributed by atoms with van der Waals surface area (Å²) in [5.41, 5.74) is 5.47. The molecule has 0 atom stereocenters. The number of aromatic nitrogens is 2. The molecular weight excluding hydrogens is 296 g/mol. The van der Waals surface area contributed by atoms with Crippen molar-refractivity contribution in [2.45, 2.75) is 32.4 Å². The van der Waals surface area contributed by atoms with Crippen LogP contribution in [-0.2, 0) is 17.9 Å². The fourth-order valence-electron chi connectivity index (χ4n) is 3.18. The first-order valence-electron chi connectivity index (χ1n) is 8.48. The Balaban J connectivity index is 1.40. The minimum Gasteiger partial charge on any atom is -0.342 e. The summed E-state index contributed by atoms with van der Waals surface area (Å²) in [6.07, 6.45) is 3.55. The molecule has 0 aromatic carbocycles. The van der Waals surface area contributed by atoms with E-state index in [1.54, 1.807) is 0 Å². The molecule has 1 amide bonds. The van der Waals surface area contributed by atoms with Crippen LogP contribution in [-0.4, -0.2) is 76.6 Å². The Morgan fingerprint density at radius 1 is 1.04 bits per heavy atom. The van der Waals surface area contributed by atoms with Crippen molar-refractivity contribution in [3.8, 4) is 0 Å². The van der Waals surface area contributed by atoms with Crippen LogP contribution in [0.4, 0.5) is 0 Å². The maximum atomic E-state index is 12.3. The van der Waals surface area contributed by atoms with Gasteiger partial charge in [0.1, 0.15) is 0 Å². The van der Waals surface area contributed by atoms with Gasteiger partial charge < -0.3 is 15.2 Å². The molecule has 1 aromatic heterocycles. The number of hydrogen-bond acceptors (Lipinski definition) is 7. The van der Waals surface area contributed by atoms with Crippen LogP contribution in [0.25, 0.3) is 0 Å². The summed E-state index contributed by atoms with van der Waals surface area (Å²) in [6.45, 7) is 7.01. The quantitative estimate of drug-likeness (QED) is 0.793. The van der Waals surface area contributed by atoms with Crippen molar-refractivity contribution in [3.05, 3.63) is 11.7 Å². The highest BCUT2D eigenvalue weighted by Crippen LogP contribution is 2.11. The van der Waals surface area contributed by atoms with E-state index in [1.807, 2.05) is 4.90 Å². The number of rotatable bonds is 5. The van der Waals surface area contributed by atoms with Gasteiger partial charge in [0.2, 0.25) is 11.8 Å². The van der Waals surface area contributed by atoms with Crippen molar-refractivity contribution in [2.24, 2.45) is 5.73 Å². The summed E-state index contributed by atoms with van der Waals surface area (Å²) in [6, 6.07) is 0. The molecule has 2 N–H and O–H groups in total. The maximum Gasteiger partial charge on any atom is 0.240 e. The number of likely N-dealkylation sites (tertiary alicyclic amines) is 1. The van der Waals surface area contributed by atoms with E-state index in [0.29, 0.717) is 24.8 Å². The average Bonchev–Trinajstić information content (AvgIpc) is 3.05. The second kappa shape index (κ2) is 7.85. The number of nitrogens with zero attached hydrogens (tertiary/aromatic N) is 5. The van der Waals surface area contributed by atoms with Gasteiger partial charge in [0.25, 0.3) is 0 Å². The molecule has 0 radical (unpaired) electrons. The Hall–Kier alpha value is -1.51. The van der Waals surface area contributed by atoms with E-state index in [0.717, 1.165) is 52.1 Å². The van der Waals surface area contributed by atoms with E-state index in [4.69, 9.17) is 10.3 Å². The molecule has 8 heteroatoms. The third-order valence-electron chi connectivity index (χ3n) is 4.58. The first kappa shape index (κ1) is 16.4.